The van der Waals surface area contributed by atoms with Gasteiger partial charge in [-0.25, -0.2) is 18.9 Å². The van der Waals surface area contributed by atoms with E-state index in [1.807, 2.05) is 13.1 Å². The third kappa shape index (κ3) is 3.90. The molecule has 1 aliphatic heterocycles. The van der Waals surface area contributed by atoms with Crippen LogP contribution in [-0.2, 0) is 6.42 Å². The summed E-state index contributed by atoms with van der Waals surface area (Å²) in [5.74, 6) is 0.304. The number of aliphatic hydroxyl groups excluding tert-OH is 1. The number of carbonyl (C=O) groups excluding carboxylic acids is 1. The number of anilines is 1. The van der Waals surface area contributed by atoms with Crippen LogP contribution in [0.15, 0.2) is 24.7 Å². The third-order valence-electron chi connectivity index (χ3n) is 5.52. The second kappa shape index (κ2) is 8.46. The van der Waals surface area contributed by atoms with Gasteiger partial charge in [-0.2, -0.15) is 5.10 Å². The number of aryl methyl sites for hydroxylation is 1. The maximum Gasteiger partial charge on any atom is 0.257 e. The smallest absolute Gasteiger partial charge is 0.257 e. The number of aliphatic hydroxyl groups is 1. The topological polar surface area (TPSA) is 105 Å². The summed E-state index contributed by atoms with van der Waals surface area (Å²) in [6, 6.07) is 0.795. The first-order valence-electron chi connectivity index (χ1n) is 10.2. The highest BCUT2D eigenvalue weighted by atomic mass is 19.1. The number of hydrogen-bond acceptors (Lipinski definition) is 7. The van der Waals surface area contributed by atoms with Crippen molar-refractivity contribution in [2.75, 3.05) is 25.2 Å². The van der Waals surface area contributed by atoms with Crippen LogP contribution >= 0.6 is 0 Å². The van der Waals surface area contributed by atoms with Gasteiger partial charge in [-0.3, -0.25) is 4.79 Å². The summed E-state index contributed by atoms with van der Waals surface area (Å²) >= 11 is 0. The molecule has 0 radical (unpaired) electrons. The number of fused-ring (bicyclic) bond motifs is 2. The highest BCUT2D eigenvalue weighted by Crippen LogP contribution is 2.36. The molecule has 4 rings (SSSR count). The Balaban J connectivity index is 1.75. The molecule has 31 heavy (non-hydrogen) atoms. The van der Waals surface area contributed by atoms with Crippen molar-refractivity contribution in [3.8, 4) is 5.88 Å². The molecule has 1 amide bonds. The Morgan fingerprint density at radius 3 is 2.94 bits per heavy atom. The van der Waals surface area contributed by atoms with E-state index in [4.69, 9.17) is 9.72 Å². The van der Waals surface area contributed by atoms with Crippen molar-refractivity contribution in [2.24, 2.45) is 0 Å². The molecule has 0 bridgehead atoms. The predicted molar refractivity (Wildman–Crippen MR) is 112 cm³/mol. The molecule has 0 saturated heterocycles. The number of nitrogens with one attached hydrogen (secondary N) is 1. The van der Waals surface area contributed by atoms with Crippen LogP contribution in [0.5, 0.6) is 5.88 Å². The van der Waals surface area contributed by atoms with Crippen LogP contribution in [0.4, 0.5) is 10.2 Å². The van der Waals surface area contributed by atoms with Crippen LogP contribution in [0.3, 0.4) is 0 Å². The number of ether oxygens (including phenoxy) is 1. The van der Waals surface area contributed by atoms with Crippen LogP contribution in [-0.4, -0.2) is 56.9 Å². The third-order valence-corrected chi connectivity index (χ3v) is 5.52. The number of pyridine rings is 1. The van der Waals surface area contributed by atoms with Gasteiger partial charge in [-0.05, 0) is 32.8 Å². The van der Waals surface area contributed by atoms with Crippen molar-refractivity contribution in [3.05, 3.63) is 47.2 Å². The average Bonchev–Trinajstić information content (AvgIpc) is 3.19. The van der Waals surface area contributed by atoms with E-state index in [9.17, 15) is 14.3 Å². The van der Waals surface area contributed by atoms with Gasteiger partial charge >= 0.3 is 0 Å². The highest BCUT2D eigenvalue weighted by Gasteiger charge is 2.28. The molecule has 9 nitrogen and oxygen atoms in total. The summed E-state index contributed by atoms with van der Waals surface area (Å²) in [6.45, 7) is 4.21. The lowest BCUT2D eigenvalue weighted by Gasteiger charge is -2.35. The molecule has 2 atom stereocenters. The molecule has 3 aromatic rings. The quantitative estimate of drug-likeness (QED) is 0.618. The first kappa shape index (κ1) is 21.0. The summed E-state index contributed by atoms with van der Waals surface area (Å²) in [7, 11) is 1.51. The second-order valence-electron chi connectivity index (χ2n) is 7.70. The molecule has 1 unspecified atom stereocenters. The Hall–Kier alpha value is -3.27. The molecule has 0 fully saturated rings. The lowest BCUT2D eigenvalue weighted by Crippen LogP contribution is -2.35. The van der Waals surface area contributed by atoms with E-state index in [1.54, 1.807) is 11.4 Å². The van der Waals surface area contributed by atoms with Crippen LogP contribution in [0.2, 0.25) is 0 Å². The first-order valence-corrected chi connectivity index (χ1v) is 10.2. The second-order valence-corrected chi connectivity index (χ2v) is 7.70. The summed E-state index contributed by atoms with van der Waals surface area (Å²) < 4.78 is 20.9. The minimum Gasteiger partial charge on any atom is -0.481 e. The molecule has 4 heterocycles. The van der Waals surface area contributed by atoms with Crippen molar-refractivity contribution in [1.82, 2.24) is 24.9 Å². The largest absolute Gasteiger partial charge is 0.481 e. The summed E-state index contributed by atoms with van der Waals surface area (Å²) in [4.78, 5) is 23.5. The van der Waals surface area contributed by atoms with Crippen molar-refractivity contribution in [1.29, 1.82) is 0 Å². The van der Waals surface area contributed by atoms with Crippen molar-refractivity contribution in [3.63, 3.8) is 0 Å². The van der Waals surface area contributed by atoms with Gasteiger partial charge < -0.3 is 20.1 Å². The Kier molecular flexibility index (Phi) is 5.73. The molecule has 10 heteroatoms. The molecule has 0 spiro atoms. The van der Waals surface area contributed by atoms with E-state index in [-0.39, 0.29) is 24.6 Å². The van der Waals surface area contributed by atoms with Crippen LogP contribution in [0.1, 0.15) is 47.8 Å². The fourth-order valence-electron chi connectivity index (χ4n) is 3.87. The summed E-state index contributed by atoms with van der Waals surface area (Å²) in [5.41, 5.74) is 2.36. The zero-order valence-corrected chi connectivity index (χ0v) is 17.7. The van der Waals surface area contributed by atoms with Gasteiger partial charge in [0.05, 0.1) is 32.2 Å². The highest BCUT2D eigenvalue weighted by molar-refractivity contribution is 6.00. The number of halogens is 1. The van der Waals surface area contributed by atoms with Gasteiger partial charge in [0.25, 0.3) is 5.91 Å². The molecule has 3 aromatic heterocycles. The van der Waals surface area contributed by atoms with Gasteiger partial charge in [-0.1, -0.05) is 0 Å². The summed E-state index contributed by atoms with van der Waals surface area (Å²) in [6.07, 6.45) is 6.21. The Labute approximate surface area is 178 Å². The molecule has 2 N–H and O–H groups in total. The normalized spacial score (nSPS) is 15.5. The minimum absolute atomic E-state index is 0.164. The van der Waals surface area contributed by atoms with E-state index < -0.39 is 5.82 Å². The molecule has 0 aliphatic carbocycles. The van der Waals surface area contributed by atoms with Gasteiger partial charge in [0.15, 0.2) is 5.65 Å². The Bertz CT molecular complexity index is 1120. The summed E-state index contributed by atoms with van der Waals surface area (Å²) in [5, 5.41) is 16.2. The maximum absolute atomic E-state index is 13.9. The van der Waals surface area contributed by atoms with E-state index in [0.29, 0.717) is 29.2 Å². The van der Waals surface area contributed by atoms with Gasteiger partial charge in [0.1, 0.15) is 17.2 Å². The number of amides is 1. The van der Waals surface area contributed by atoms with Crippen molar-refractivity contribution in [2.45, 2.75) is 38.8 Å². The van der Waals surface area contributed by atoms with E-state index in [1.165, 1.54) is 19.4 Å². The predicted octanol–water partition coefficient (Wildman–Crippen LogP) is 1.90. The molecular formula is C21H25FN6O3. The van der Waals surface area contributed by atoms with Crippen LogP contribution in [0.25, 0.3) is 5.65 Å². The Morgan fingerprint density at radius 1 is 1.39 bits per heavy atom. The number of rotatable bonds is 6. The lowest BCUT2D eigenvalue weighted by atomic mass is 10.0. The lowest BCUT2D eigenvalue weighted by molar-refractivity contribution is 0.0923. The first-order chi connectivity index (χ1) is 14.9. The standard InChI is InChI=1S/C21H25FN6O3/c1-12(11-29)25-20(30)17-9-24-28-10-14-5-4-6-27(18(14)26-19(17)28)13(2)16-7-15(22)8-23-21(16)31-3/h7-10,12-13,29H,4-6,11H2,1-3H3,(H,25,30)/t12-,13?/m1/s1. The van der Waals surface area contributed by atoms with Crippen LogP contribution < -0.4 is 15.0 Å². The molecule has 1 aliphatic rings. The number of carbonyl (C=O) groups is 1. The number of aromatic nitrogens is 4. The average molecular weight is 428 g/mol. The molecular weight excluding hydrogens is 403 g/mol. The monoisotopic (exact) mass is 428 g/mol. The number of methoxy groups -OCH3 is 1. The number of nitrogens with zero attached hydrogens (tertiary/aromatic N) is 5. The maximum atomic E-state index is 13.9. The van der Waals surface area contributed by atoms with Crippen molar-refractivity contribution < 1.29 is 19.0 Å². The van der Waals surface area contributed by atoms with Gasteiger partial charge in [0.2, 0.25) is 5.88 Å². The van der Waals surface area contributed by atoms with E-state index in [0.717, 1.165) is 30.4 Å². The van der Waals surface area contributed by atoms with Gasteiger partial charge in [0, 0.05) is 29.9 Å². The molecule has 0 aromatic carbocycles. The fourth-order valence-corrected chi connectivity index (χ4v) is 3.87. The van der Waals surface area contributed by atoms with E-state index in [2.05, 4.69) is 20.3 Å². The molecule has 164 valence electrons. The zero-order valence-electron chi connectivity index (χ0n) is 17.7. The SMILES string of the molecule is COc1ncc(F)cc1C(C)N1CCCc2cn3ncc(C(=O)N[C@H](C)CO)c3nc21. The van der Waals surface area contributed by atoms with Crippen molar-refractivity contribution >= 4 is 17.4 Å². The zero-order chi connectivity index (χ0) is 22.1. The minimum atomic E-state index is -0.434. The van der Waals surface area contributed by atoms with Crippen LogP contribution in [0, 0.1) is 5.82 Å². The molecule has 0 saturated carbocycles. The fraction of sp³-hybridized carbons (Fsp3) is 0.429. The number of hydrogen-bond donors (Lipinski definition) is 2. The Morgan fingerprint density at radius 2 is 2.19 bits per heavy atom. The van der Waals surface area contributed by atoms with E-state index >= 15 is 0 Å². The van der Waals surface area contributed by atoms with Gasteiger partial charge in [-0.15, -0.1) is 0 Å².